The van der Waals surface area contributed by atoms with Gasteiger partial charge < -0.3 is 5.32 Å². The van der Waals surface area contributed by atoms with Crippen molar-refractivity contribution in [1.82, 2.24) is 19.7 Å². The second-order valence-electron chi connectivity index (χ2n) is 6.81. The van der Waals surface area contributed by atoms with Crippen molar-refractivity contribution < 1.29 is 4.79 Å². The molecular formula is C21H19BrN6OS. The monoisotopic (exact) mass is 482 g/mol. The minimum absolute atomic E-state index is 0.139. The number of carbonyl (C=O) groups excluding carboxylic acids is 1. The molecule has 30 heavy (non-hydrogen) atoms. The molecule has 0 spiro atoms. The van der Waals surface area contributed by atoms with Crippen LogP contribution in [0.4, 0.5) is 5.69 Å². The van der Waals surface area contributed by atoms with Crippen LogP contribution in [-0.2, 0) is 4.79 Å². The third-order valence-corrected chi connectivity index (χ3v) is 5.97. The number of halogens is 1. The van der Waals surface area contributed by atoms with Gasteiger partial charge >= 0.3 is 0 Å². The molecule has 2 aromatic carbocycles. The normalized spacial score (nSPS) is 11.0. The van der Waals surface area contributed by atoms with Crippen LogP contribution in [0.3, 0.4) is 0 Å². The standard InChI is InChI=1S/C21H19BrN6OS/c1-12-4-3-5-15(10-12)24-17(29)11-30-21-25-20-18(13(2)26-27-20)19(23)28(21)16-8-6-14(22)7-9-16/h3-10,23H,11H2,1-2H3,(H,24,29)(H,26,27). The lowest BCUT2D eigenvalue weighted by atomic mass is 10.2. The zero-order chi connectivity index (χ0) is 21.3. The van der Waals surface area contributed by atoms with E-state index in [-0.39, 0.29) is 17.1 Å². The number of hydrogen-bond donors (Lipinski definition) is 3. The number of thioether (sulfide) groups is 1. The van der Waals surface area contributed by atoms with Crippen LogP contribution in [0, 0.1) is 19.3 Å². The van der Waals surface area contributed by atoms with Gasteiger partial charge in [-0.25, -0.2) is 4.98 Å². The molecule has 0 unspecified atom stereocenters. The maximum Gasteiger partial charge on any atom is 0.234 e. The first-order valence-electron chi connectivity index (χ1n) is 9.20. The summed E-state index contributed by atoms with van der Waals surface area (Å²) in [6, 6.07) is 15.3. The number of H-pyrrole nitrogens is 1. The molecule has 0 aliphatic heterocycles. The minimum atomic E-state index is -0.139. The topological polar surface area (TPSA) is 99.5 Å². The molecule has 9 heteroatoms. The number of fused-ring (bicyclic) bond motifs is 1. The molecule has 0 saturated heterocycles. The van der Waals surface area contributed by atoms with Gasteiger partial charge in [-0.2, -0.15) is 5.10 Å². The highest BCUT2D eigenvalue weighted by molar-refractivity contribution is 9.10. The first-order valence-corrected chi connectivity index (χ1v) is 11.0. The number of aryl methyl sites for hydroxylation is 2. The highest BCUT2D eigenvalue weighted by Crippen LogP contribution is 2.23. The summed E-state index contributed by atoms with van der Waals surface area (Å²) in [5.74, 6) is 0.0193. The Bertz CT molecular complexity index is 1300. The first kappa shape index (κ1) is 20.4. The maximum atomic E-state index is 12.5. The number of aromatic nitrogens is 4. The Kier molecular flexibility index (Phi) is 5.74. The summed E-state index contributed by atoms with van der Waals surface area (Å²) < 4.78 is 2.68. The molecule has 4 aromatic rings. The lowest BCUT2D eigenvalue weighted by molar-refractivity contribution is -0.113. The van der Waals surface area contributed by atoms with E-state index in [0.717, 1.165) is 27.1 Å². The van der Waals surface area contributed by atoms with Gasteiger partial charge in [-0.3, -0.25) is 19.9 Å². The molecule has 4 rings (SSSR count). The van der Waals surface area contributed by atoms with Gasteiger partial charge in [0.15, 0.2) is 10.8 Å². The molecule has 0 radical (unpaired) electrons. The third-order valence-electron chi connectivity index (χ3n) is 4.50. The van der Waals surface area contributed by atoms with E-state index in [4.69, 9.17) is 5.41 Å². The van der Waals surface area contributed by atoms with Gasteiger partial charge in [0.2, 0.25) is 5.91 Å². The van der Waals surface area contributed by atoms with Gasteiger partial charge in [0.25, 0.3) is 0 Å². The zero-order valence-electron chi connectivity index (χ0n) is 16.4. The average Bonchev–Trinajstić information content (AvgIpc) is 3.08. The Morgan fingerprint density at radius 1 is 1.23 bits per heavy atom. The predicted molar refractivity (Wildman–Crippen MR) is 122 cm³/mol. The van der Waals surface area contributed by atoms with E-state index in [1.54, 1.807) is 4.57 Å². The number of carbonyl (C=O) groups is 1. The van der Waals surface area contributed by atoms with Gasteiger partial charge in [0.1, 0.15) is 5.49 Å². The summed E-state index contributed by atoms with van der Waals surface area (Å²) in [5, 5.41) is 19.9. The lowest BCUT2D eigenvalue weighted by Gasteiger charge is -2.13. The number of rotatable bonds is 5. The maximum absolute atomic E-state index is 12.5. The summed E-state index contributed by atoms with van der Waals surface area (Å²) in [5.41, 5.74) is 4.15. The fourth-order valence-electron chi connectivity index (χ4n) is 3.11. The van der Waals surface area contributed by atoms with Gasteiger partial charge in [-0.05, 0) is 55.8 Å². The Balaban J connectivity index is 1.67. The van der Waals surface area contributed by atoms with E-state index < -0.39 is 0 Å². The number of nitrogens with zero attached hydrogens (tertiary/aromatic N) is 3. The van der Waals surface area contributed by atoms with Gasteiger partial charge in [0.05, 0.1) is 11.1 Å². The Morgan fingerprint density at radius 3 is 2.73 bits per heavy atom. The second-order valence-corrected chi connectivity index (χ2v) is 8.67. The molecule has 152 valence electrons. The van der Waals surface area contributed by atoms with Crippen LogP contribution >= 0.6 is 27.7 Å². The highest BCUT2D eigenvalue weighted by atomic mass is 79.9. The molecule has 0 fully saturated rings. The van der Waals surface area contributed by atoms with Crippen LogP contribution in [0.1, 0.15) is 11.3 Å². The van der Waals surface area contributed by atoms with Crippen molar-refractivity contribution in [1.29, 1.82) is 5.41 Å². The summed E-state index contributed by atoms with van der Waals surface area (Å²) in [6.07, 6.45) is 0. The molecule has 0 aliphatic rings. The molecule has 2 aromatic heterocycles. The van der Waals surface area contributed by atoms with Crippen molar-refractivity contribution in [3.8, 4) is 5.69 Å². The van der Waals surface area contributed by atoms with Crippen LogP contribution in [0.5, 0.6) is 0 Å². The van der Waals surface area contributed by atoms with Crippen LogP contribution in [-0.4, -0.2) is 31.4 Å². The molecule has 7 nitrogen and oxygen atoms in total. The van der Waals surface area contributed by atoms with Crippen LogP contribution < -0.4 is 10.8 Å². The van der Waals surface area contributed by atoms with Crippen molar-refractivity contribution in [2.75, 3.05) is 11.1 Å². The van der Waals surface area contributed by atoms with E-state index in [1.807, 2.05) is 62.4 Å². The van der Waals surface area contributed by atoms with E-state index in [2.05, 4.69) is 36.4 Å². The number of amides is 1. The first-order chi connectivity index (χ1) is 14.4. The molecule has 2 heterocycles. The number of hydrogen-bond acceptors (Lipinski definition) is 5. The fourth-order valence-corrected chi connectivity index (χ4v) is 4.18. The largest absolute Gasteiger partial charge is 0.325 e. The van der Waals surface area contributed by atoms with Crippen LogP contribution in [0.2, 0.25) is 0 Å². The quantitative estimate of drug-likeness (QED) is 0.291. The van der Waals surface area contributed by atoms with E-state index >= 15 is 0 Å². The smallest absolute Gasteiger partial charge is 0.234 e. The molecule has 0 aliphatic carbocycles. The highest BCUT2D eigenvalue weighted by Gasteiger charge is 2.16. The number of benzene rings is 2. The Morgan fingerprint density at radius 2 is 2.00 bits per heavy atom. The summed E-state index contributed by atoms with van der Waals surface area (Å²) in [7, 11) is 0. The number of nitrogens with one attached hydrogen (secondary N) is 3. The summed E-state index contributed by atoms with van der Waals surface area (Å²) in [4.78, 5) is 17.1. The van der Waals surface area contributed by atoms with Crippen LogP contribution in [0.15, 0.2) is 58.2 Å². The average molecular weight is 483 g/mol. The van der Waals surface area contributed by atoms with E-state index in [9.17, 15) is 4.79 Å². The lowest BCUT2D eigenvalue weighted by Crippen LogP contribution is -2.23. The van der Waals surface area contributed by atoms with Crippen molar-refractivity contribution in [2.24, 2.45) is 0 Å². The molecule has 0 atom stereocenters. The van der Waals surface area contributed by atoms with E-state index in [0.29, 0.717) is 16.2 Å². The van der Waals surface area contributed by atoms with Crippen molar-refractivity contribution in [3.05, 3.63) is 69.7 Å². The third kappa shape index (κ3) is 4.17. The number of aromatic amines is 1. The summed E-state index contributed by atoms with van der Waals surface area (Å²) in [6.45, 7) is 3.84. The van der Waals surface area contributed by atoms with Gasteiger partial charge in [-0.1, -0.05) is 39.8 Å². The minimum Gasteiger partial charge on any atom is -0.325 e. The molecule has 0 saturated carbocycles. The Hall–Kier alpha value is -2.91. The van der Waals surface area contributed by atoms with Gasteiger partial charge in [0, 0.05) is 21.5 Å². The molecule has 3 N–H and O–H groups in total. The predicted octanol–water partition coefficient (Wildman–Crippen LogP) is 4.34. The molecular weight excluding hydrogens is 464 g/mol. The van der Waals surface area contributed by atoms with Gasteiger partial charge in [-0.15, -0.1) is 0 Å². The fraction of sp³-hybridized carbons (Fsp3) is 0.143. The second kappa shape index (κ2) is 8.45. The van der Waals surface area contributed by atoms with Crippen molar-refractivity contribution in [3.63, 3.8) is 0 Å². The zero-order valence-corrected chi connectivity index (χ0v) is 18.8. The SMILES string of the molecule is Cc1cccc(NC(=O)CSc2nc3n[nH]c(C)c3c(=N)n2-c2ccc(Br)cc2)c1. The number of anilines is 1. The summed E-state index contributed by atoms with van der Waals surface area (Å²) >= 11 is 4.71. The van der Waals surface area contributed by atoms with Crippen LogP contribution in [0.25, 0.3) is 16.7 Å². The van der Waals surface area contributed by atoms with Crippen molar-refractivity contribution >= 4 is 50.3 Å². The molecule has 0 bridgehead atoms. The van der Waals surface area contributed by atoms with E-state index in [1.165, 1.54) is 11.8 Å². The van der Waals surface area contributed by atoms with Crippen molar-refractivity contribution in [2.45, 2.75) is 19.0 Å². The Labute approximate surface area is 185 Å². The molecule has 1 amide bonds.